The summed E-state index contributed by atoms with van der Waals surface area (Å²) in [5.41, 5.74) is 5.65. The van der Waals surface area contributed by atoms with E-state index < -0.39 is 0 Å². The van der Waals surface area contributed by atoms with E-state index in [-0.39, 0.29) is 5.91 Å². The number of nitrogens with zero attached hydrogens (tertiary/aromatic N) is 1. The minimum atomic E-state index is 0.271. The van der Waals surface area contributed by atoms with E-state index in [1.54, 1.807) is 0 Å². The van der Waals surface area contributed by atoms with Crippen LogP contribution in [0.4, 0.5) is 0 Å². The first kappa shape index (κ1) is 14.5. The molecule has 1 aliphatic rings. The molecule has 1 amide bonds. The van der Waals surface area contributed by atoms with Crippen molar-refractivity contribution < 1.29 is 4.79 Å². The Bertz CT molecular complexity index is 220. The van der Waals surface area contributed by atoms with Gasteiger partial charge in [0, 0.05) is 20.0 Å². The van der Waals surface area contributed by atoms with Crippen molar-refractivity contribution in [3.8, 4) is 0 Å². The van der Waals surface area contributed by atoms with Gasteiger partial charge in [-0.3, -0.25) is 4.79 Å². The second-order valence-corrected chi connectivity index (χ2v) is 5.49. The van der Waals surface area contributed by atoms with E-state index >= 15 is 0 Å². The number of hydrogen-bond acceptors (Lipinski definition) is 2. The molecule has 3 heteroatoms. The van der Waals surface area contributed by atoms with Crippen LogP contribution in [0.5, 0.6) is 0 Å². The lowest BCUT2D eigenvalue weighted by molar-refractivity contribution is -0.131. The van der Waals surface area contributed by atoms with Gasteiger partial charge in [-0.05, 0) is 31.2 Å². The highest BCUT2D eigenvalue weighted by atomic mass is 16.2. The van der Waals surface area contributed by atoms with Crippen LogP contribution in [0.2, 0.25) is 0 Å². The Morgan fingerprint density at radius 1 is 1.35 bits per heavy atom. The summed E-state index contributed by atoms with van der Waals surface area (Å²) in [6.07, 6.45) is 8.27. The molecule has 3 nitrogen and oxygen atoms in total. The van der Waals surface area contributed by atoms with Crippen molar-refractivity contribution in [2.75, 3.05) is 20.1 Å². The summed E-state index contributed by atoms with van der Waals surface area (Å²) < 4.78 is 0. The molecule has 0 aromatic heterocycles. The average Bonchev–Trinajstić information content (AvgIpc) is 2.36. The number of hydrogen-bond donors (Lipinski definition) is 1. The first-order chi connectivity index (χ1) is 8.17. The number of rotatable bonds is 6. The molecule has 0 saturated heterocycles. The van der Waals surface area contributed by atoms with Crippen molar-refractivity contribution in [2.24, 2.45) is 17.6 Å². The van der Waals surface area contributed by atoms with Gasteiger partial charge in [0.15, 0.2) is 0 Å². The molecule has 0 bridgehead atoms. The molecule has 1 atom stereocenters. The van der Waals surface area contributed by atoms with E-state index in [0.717, 1.165) is 18.9 Å². The van der Waals surface area contributed by atoms with Crippen molar-refractivity contribution in [1.82, 2.24) is 4.90 Å². The molecule has 2 N–H and O–H groups in total. The molecule has 1 aliphatic carbocycles. The molecule has 1 saturated carbocycles. The van der Waals surface area contributed by atoms with Crippen molar-refractivity contribution in [3.63, 3.8) is 0 Å². The van der Waals surface area contributed by atoms with Gasteiger partial charge in [0.2, 0.25) is 5.91 Å². The first-order valence-electron chi connectivity index (χ1n) is 7.11. The summed E-state index contributed by atoms with van der Waals surface area (Å²) in [5, 5.41) is 0. The van der Waals surface area contributed by atoms with Gasteiger partial charge in [-0.1, -0.05) is 32.6 Å². The topological polar surface area (TPSA) is 46.3 Å². The van der Waals surface area contributed by atoms with E-state index in [0.29, 0.717) is 18.9 Å². The summed E-state index contributed by atoms with van der Waals surface area (Å²) in [7, 11) is 1.94. The zero-order chi connectivity index (χ0) is 12.7. The Morgan fingerprint density at radius 3 is 2.53 bits per heavy atom. The number of carbonyl (C=O) groups excluding carboxylic acids is 1. The minimum Gasteiger partial charge on any atom is -0.345 e. The van der Waals surface area contributed by atoms with Crippen LogP contribution in [-0.4, -0.2) is 30.9 Å². The summed E-state index contributed by atoms with van der Waals surface area (Å²) >= 11 is 0. The van der Waals surface area contributed by atoms with Crippen LogP contribution in [0.15, 0.2) is 0 Å². The predicted octanol–water partition coefficient (Wildman–Crippen LogP) is 2.40. The lowest BCUT2D eigenvalue weighted by Gasteiger charge is -2.28. The minimum absolute atomic E-state index is 0.271. The Labute approximate surface area is 106 Å². The van der Waals surface area contributed by atoms with Gasteiger partial charge in [-0.15, -0.1) is 0 Å². The number of nitrogens with two attached hydrogens (primary N) is 1. The molecule has 0 aliphatic heterocycles. The van der Waals surface area contributed by atoms with Crippen LogP contribution < -0.4 is 5.73 Å². The lowest BCUT2D eigenvalue weighted by Crippen LogP contribution is -2.34. The Balaban J connectivity index is 2.30. The van der Waals surface area contributed by atoms with Gasteiger partial charge in [0.25, 0.3) is 0 Å². The normalized spacial score (nSPS) is 19.0. The third-order valence-electron chi connectivity index (χ3n) is 4.06. The van der Waals surface area contributed by atoms with Gasteiger partial charge in [0.1, 0.15) is 0 Å². The molecule has 0 heterocycles. The SMILES string of the molecule is CCC(CN)CC(=O)N(C)CC1CCCCC1. The highest BCUT2D eigenvalue weighted by molar-refractivity contribution is 5.76. The zero-order valence-electron chi connectivity index (χ0n) is 11.5. The Kier molecular flexibility index (Phi) is 6.56. The fourth-order valence-electron chi connectivity index (χ4n) is 2.66. The largest absolute Gasteiger partial charge is 0.345 e. The summed E-state index contributed by atoms with van der Waals surface area (Å²) in [5.74, 6) is 1.36. The summed E-state index contributed by atoms with van der Waals surface area (Å²) in [4.78, 5) is 13.9. The molecule has 17 heavy (non-hydrogen) atoms. The Morgan fingerprint density at radius 2 is 2.00 bits per heavy atom. The van der Waals surface area contributed by atoms with Crippen LogP contribution in [0.25, 0.3) is 0 Å². The van der Waals surface area contributed by atoms with Crippen molar-refractivity contribution >= 4 is 5.91 Å². The van der Waals surface area contributed by atoms with E-state index in [9.17, 15) is 4.79 Å². The van der Waals surface area contributed by atoms with Gasteiger partial charge in [0.05, 0.1) is 0 Å². The van der Waals surface area contributed by atoms with Crippen LogP contribution in [-0.2, 0) is 4.79 Å². The van der Waals surface area contributed by atoms with Gasteiger partial charge < -0.3 is 10.6 Å². The van der Waals surface area contributed by atoms with Gasteiger partial charge in [-0.2, -0.15) is 0 Å². The molecule has 1 fully saturated rings. The summed E-state index contributed by atoms with van der Waals surface area (Å²) in [6.45, 7) is 3.67. The number of carbonyl (C=O) groups is 1. The fraction of sp³-hybridized carbons (Fsp3) is 0.929. The zero-order valence-corrected chi connectivity index (χ0v) is 11.5. The lowest BCUT2D eigenvalue weighted by atomic mass is 9.89. The predicted molar refractivity (Wildman–Crippen MR) is 71.7 cm³/mol. The van der Waals surface area contributed by atoms with Gasteiger partial charge >= 0.3 is 0 Å². The Hall–Kier alpha value is -0.570. The molecule has 0 aromatic carbocycles. The maximum Gasteiger partial charge on any atom is 0.222 e. The second-order valence-electron chi connectivity index (χ2n) is 5.49. The highest BCUT2D eigenvalue weighted by Gasteiger charge is 2.19. The molecule has 1 rings (SSSR count). The number of amides is 1. The van der Waals surface area contributed by atoms with Crippen molar-refractivity contribution in [3.05, 3.63) is 0 Å². The highest BCUT2D eigenvalue weighted by Crippen LogP contribution is 2.24. The fourth-order valence-corrected chi connectivity index (χ4v) is 2.66. The molecule has 100 valence electrons. The maximum atomic E-state index is 12.0. The maximum absolute atomic E-state index is 12.0. The quantitative estimate of drug-likeness (QED) is 0.775. The first-order valence-corrected chi connectivity index (χ1v) is 7.11. The van der Waals surface area contributed by atoms with E-state index in [4.69, 9.17) is 5.73 Å². The van der Waals surface area contributed by atoms with E-state index in [1.807, 2.05) is 11.9 Å². The van der Waals surface area contributed by atoms with E-state index in [2.05, 4.69) is 6.92 Å². The monoisotopic (exact) mass is 240 g/mol. The summed E-state index contributed by atoms with van der Waals surface area (Å²) in [6, 6.07) is 0. The van der Waals surface area contributed by atoms with Gasteiger partial charge in [-0.25, -0.2) is 0 Å². The van der Waals surface area contributed by atoms with Crippen LogP contribution in [0.3, 0.4) is 0 Å². The van der Waals surface area contributed by atoms with E-state index in [1.165, 1.54) is 32.1 Å². The third kappa shape index (κ3) is 5.07. The van der Waals surface area contributed by atoms with Crippen LogP contribution in [0.1, 0.15) is 51.9 Å². The van der Waals surface area contributed by atoms with Crippen molar-refractivity contribution in [2.45, 2.75) is 51.9 Å². The van der Waals surface area contributed by atoms with Crippen LogP contribution >= 0.6 is 0 Å². The molecular formula is C14H28N2O. The smallest absolute Gasteiger partial charge is 0.222 e. The molecule has 0 radical (unpaired) electrons. The average molecular weight is 240 g/mol. The molecule has 0 aromatic rings. The standard InChI is InChI=1S/C14H28N2O/c1-3-12(10-15)9-14(17)16(2)11-13-7-5-4-6-8-13/h12-13H,3-11,15H2,1-2H3. The molecular weight excluding hydrogens is 212 g/mol. The molecule has 1 unspecified atom stereocenters. The van der Waals surface area contributed by atoms with Crippen molar-refractivity contribution in [1.29, 1.82) is 0 Å². The second kappa shape index (κ2) is 7.70. The molecule has 0 spiro atoms. The third-order valence-corrected chi connectivity index (χ3v) is 4.06. The van der Waals surface area contributed by atoms with Crippen LogP contribution in [0, 0.1) is 11.8 Å².